The van der Waals surface area contributed by atoms with Crippen LogP contribution in [0.15, 0.2) is 12.3 Å². The molecule has 0 radical (unpaired) electrons. The van der Waals surface area contributed by atoms with Gasteiger partial charge in [0.15, 0.2) is 0 Å². The summed E-state index contributed by atoms with van der Waals surface area (Å²) in [5.41, 5.74) is 0. The topological polar surface area (TPSA) is 12.0 Å². The SMILES string of the molecule is CCCC1CCC=CN1. The van der Waals surface area contributed by atoms with E-state index in [0.717, 1.165) is 6.04 Å². The van der Waals surface area contributed by atoms with E-state index >= 15 is 0 Å². The van der Waals surface area contributed by atoms with Gasteiger partial charge in [0.05, 0.1) is 0 Å². The standard InChI is InChI=1S/C8H15N/c1-2-5-8-6-3-4-7-9-8/h4,7-9H,2-3,5-6H2,1H3. The maximum Gasteiger partial charge on any atom is 0.0258 e. The first-order valence-corrected chi connectivity index (χ1v) is 3.84. The van der Waals surface area contributed by atoms with Crippen molar-refractivity contribution in [2.24, 2.45) is 0 Å². The normalized spacial score (nSPS) is 25.7. The van der Waals surface area contributed by atoms with Crippen LogP contribution in [0.25, 0.3) is 0 Å². The molecule has 1 heteroatoms. The Labute approximate surface area is 57.1 Å². The second-order valence-corrected chi connectivity index (χ2v) is 2.63. The van der Waals surface area contributed by atoms with E-state index in [1.54, 1.807) is 0 Å². The van der Waals surface area contributed by atoms with Crippen LogP contribution in [0.5, 0.6) is 0 Å². The summed E-state index contributed by atoms with van der Waals surface area (Å²) in [7, 11) is 0. The van der Waals surface area contributed by atoms with Crippen molar-refractivity contribution in [2.75, 3.05) is 0 Å². The highest BCUT2D eigenvalue weighted by molar-refractivity contribution is 4.89. The monoisotopic (exact) mass is 125 g/mol. The van der Waals surface area contributed by atoms with Crippen LogP contribution < -0.4 is 5.32 Å². The zero-order valence-electron chi connectivity index (χ0n) is 6.06. The van der Waals surface area contributed by atoms with Crippen molar-refractivity contribution in [1.82, 2.24) is 5.32 Å². The summed E-state index contributed by atoms with van der Waals surface area (Å²) in [5, 5.41) is 3.34. The molecule has 1 aliphatic heterocycles. The van der Waals surface area contributed by atoms with Gasteiger partial charge in [-0.3, -0.25) is 0 Å². The van der Waals surface area contributed by atoms with Crippen LogP contribution >= 0.6 is 0 Å². The van der Waals surface area contributed by atoms with E-state index in [0.29, 0.717) is 0 Å². The number of hydrogen-bond acceptors (Lipinski definition) is 1. The summed E-state index contributed by atoms with van der Waals surface area (Å²) >= 11 is 0. The van der Waals surface area contributed by atoms with Crippen molar-refractivity contribution < 1.29 is 0 Å². The second-order valence-electron chi connectivity index (χ2n) is 2.63. The maximum absolute atomic E-state index is 3.34. The molecule has 0 amide bonds. The van der Waals surface area contributed by atoms with Gasteiger partial charge in [0.1, 0.15) is 0 Å². The molecular weight excluding hydrogens is 110 g/mol. The third-order valence-electron chi connectivity index (χ3n) is 1.77. The van der Waals surface area contributed by atoms with Crippen molar-refractivity contribution in [1.29, 1.82) is 0 Å². The van der Waals surface area contributed by atoms with Crippen LogP contribution in [0.1, 0.15) is 32.6 Å². The molecule has 0 saturated heterocycles. The summed E-state index contributed by atoms with van der Waals surface area (Å²) in [5.74, 6) is 0. The molecule has 0 aromatic carbocycles. The van der Waals surface area contributed by atoms with Gasteiger partial charge in [0.2, 0.25) is 0 Å². The molecule has 1 N–H and O–H groups in total. The van der Waals surface area contributed by atoms with Gasteiger partial charge in [-0.2, -0.15) is 0 Å². The quantitative estimate of drug-likeness (QED) is 0.595. The minimum absolute atomic E-state index is 0.764. The number of hydrogen-bond donors (Lipinski definition) is 1. The zero-order chi connectivity index (χ0) is 6.53. The lowest BCUT2D eigenvalue weighted by atomic mass is 10.0. The molecule has 0 aliphatic carbocycles. The molecular formula is C8H15N. The van der Waals surface area contributed by atoms with Crippen molar-refractivity contribution in [3.8, 4) is 0 Å². The van der Waals surface area contributed by atoms with E-state index in [4.69, 9.17) is 0 Å². The molecule has 1 aliphatic rings. The number of rotatable bonds is 2. The molecule has 0 aromatic rings. The molecule has 1 heterocycles. The predicted molar refractivity (Wildman–Crippen MR) is 40.2 cm³/mol. The minimum atomic E-state index is 0.764. The summed E-state index contributed by atoms with van der Waals surface area (Å²) in [4.78, 5) is 0. The molecule has 1 atom stereocenters. The molecule has 0 aromatic heterocycles. The van der Waals surface area contributed by atoms with Crippen LogP contribution in [-0.4, -0.2) is 6.04 Å². The van der Waals surface area contributed by atoms with Gasteiger partial charge in [-0.25, -0.2) is 0 Å². The van der Waals surface area contributed by atoms with Gasteiger partial charge in [-0.05, 0) is 25.5 Å². The highest BCUT2D eigenvalue weighted by Gasteiger charge is 2.05. The Morgan fingerprint density at radius 1 is 1.67 bits per heavy atom. The van der Waals surface area contributed by atoms with E-state index in [1.807, 2.05) is 0 Å². The van der Waals surface area contributed by atoms with E-state index in [1.165, 1.54) is 25.7 Å². The van der Waals surface area contributed by atoms with E-state index in [-0.39, 0.29) is 0 Å². The Kier molecular flexibility index (Phi) is 2.62. The molecule has 9 heavy (non-hydrogen) atoms. The zero-order valence-corrected chi connectivity index (χ0v) is 6.06. The van der Waals surface area contributed by atoms with Crippen LogP contribution in [-0.2, 0) is 0 Å². The fourth-order valence-corrected chi connectivity index (χ4v) is 1.24. The van der Waals surface area contributed by atoms with Crippen LogP contribution in [0.3, 0.4) is 0 Å². The third kappa shape index (κ3) is 2.08. The van der Waals surface area contributed by atoms with Gasteiger partial charge < -0.3 is 5.32 Å². The minimum Gasteiger partial charge on any atom is -0.388 e. The molecule has 0 bridgehead atoms. The van der Waals surface area contributed by atoms with Gasteiger partial charge in [0.25, 0.3) is 0 Å². The molecule has 0 fully saturated rings. The Morgan fingerprint density at radius 2 is 2.56 bits per heavy atom. The van der Waals surface area contributed by atoms with Crippen molar-refractivity contribution in [3.63, 3.8) is 0 Å². The molecule has 52 valence electrons. The van der Waals surface area contributed by atoms with Gasteiger partial charge in [-0.15, -0.1) is 0 Å². The van der Waals surface area contributed by atoms with E-state index in [9.17, 15) is 0 Å². The van der Waals surface area contributed by atoms with Crippen molar-refractivity contribution in [2.45, 2.75) is 38.6 Å². The summed E-state index contributed by atoms with van der Waals surface area (Å²) in [6.45, 7) is 2.24. The van der Waals surface area contributed by atoms with Gasteiger partial charge in [-0.1, -0.05) is 19.4 Å². The Morgan fingerprint density at radius 3 is 3.11 bits per heavy atom. The third-order valence-corrected chi connectivity index (χ3v) is 1.77. The van der Waals surface area contributed by atoms with E-state index < -0.39 is 0 Å². The summed E-state index contributed by atoms with van der Waals surface area (Å²) < 4.78 is 0. The van der Waals surface area contributed by atoms with Crippen LogP contribution in [0, 0.1) is 0 Å². The summed E-state index contributed by atoms with van der Waals surface area (Å²) in [6.07, 6.45) is 9.49. The summed E-state index contributed by atoms with van der Waals surface area (Å²) in [6, 6.07) is 0.764. The fourth-order valence-electron chi connectivity index (χ4n) is 1.24. The lowest BCUT2D eigenvalue weighted by molar-refractivity contribution is 0.487. The van der Waals surface area contributed by atoms with Gasteiger partial charge in [0, 0.05) is 6.04 Å². The average Bonchev–Trinajstić information content (AvgIpc) is 1.91. The molecule has 0 saturated carbocycles. The van der Waals surface area contributed by atoms with Gasteiger partial charge >= 0.3 is 0 Å². The Hall–Kier alpha value is -0.460. The number of allylic oxidation sites excluding steroid dienone is 1. The second kappa shape index (κ2) is 3.54. The fraction of sp³-hybridized carbons (Fsp3) is 0.750. The lowest BCUT2D eigenvalue weighted by Crippen LogP contribution is -2.25. The van der Waals surface area contributed by atoms with Crippen molar-refractivity contribution in [3.05, 3.63) is 12.3 Å². The van der Waals surface area contributed by atoms with E-state index in [2.05, 4.69) is 24.5 Å². The highest BCUT2D eigenvalue weighted by Crippen LogP contribution is 2.08. The molecule has 1 rings (SSSR count). The smallest absolute Gasteiger partial charge is 0.0258 e. The first-order valence-electron chi connectivity index (χ1n) is 3.84. The largest absolute Gasteiger partial charge is 0.388 e. The Bertz CT molecular complexity index is 96.7. The first-order chi connectivity index (χ1) is 4.43. The van der Waals surface area contributed by atoms with Crippen molar-refractivity contribution >= 4 is 0 Å². The van der Waals surface area contributed by atoms with Crippen LogP contribution in [0.2, 0.25) is 0 Å². The first kappa shape index (κ1) is 6.66. The Balaban J connectivity index is 2.18. The predicted octanol–water partition coefficient (Wildman–Crippen LogP) is 2.05. The maximum atomic E-state index is 3.34. The lowest BCUT2D eigenvalue weighted by Gasteiger charge is -2.18. The molecule has 1 unspecified atom stereocenters. The molecule has 1 nitrogen and oxygen atoms in total. The molecule has 0 spiro atoms. The highest BCUT2D eigenvalue weighted by atomic mass is 14.9. The van der Waals surface area contributed by atoms with Crippen LogP contribution in [0.4, 0.5) is 0 Å². The average molecular weight is 125 g/mol. The number of nitrogens with one attached hydrogen (secondary N) is 1.